The van der Waals surface area contributed by atoms with Crippen molar-refractivity contribution in [3.63, 3.8) is 0 Å². The third kappa shape index (κ3) is 4.62. The number of halogens is 2. The number of hydrogen-bond donors (Lipinski definition) is 0. The summed E-state index contributed by atoms with van der Waals surface area (Å²) in [6, 6.07) is 4.85. The van der Waals surface area contributed by atoms with Crippen molar-refractivity contribution in [2.24, 2.45) is 5.41 Å². The van der Waals surface area contributed by atoms with Crippen molar-refractivity contribution < 1.29 is 4.39 Å². The zero-order chi connectivity index (χ0) is 12.3. The fourth-order valence-corrected chi connectivity index (χ4v) is 2.28. The first kappa shape index (κ1) is 13.7. The van der Waals surface area contributed by atoms with Gasteiger partial charge in [0.15, 0.2) is 0 Å². The van der Waals surface area contributed by atoms with Crippen molar-refractivity contribution in [1.29, 1.82) is 0 Å². The van der Waals surface area contributed by atoms with E-state index in [1.165, 1.54) is 12.1 Å². The lowest BCUT2D eigenvalue weighted by molar-refractivity contribution is 0.220. The van der Waals surface area contributed by atoms with Crippen LogP contribution in [0.5, 0.6) is 0 Å². The van der Waals surface area contributed by atoms with Crippen LogP contribution in [0, 0.1) is 11.2 Å². The monoisotopic (exact) mass is 287 g/mol. The van der Waals surface area contributed by atoms with Crippen molar-refractivity contribution >= 4 is 15.9 Å². The zero-order valence-electron chi connectivity index (χ0n) is 10.3. The Morgan fingerprint density at radius 1 is 1.31 bits per heavy atom. The lowest BCUT2D eigenvalue weighted by Gasteiger charge is -2.26. The number of benzene rings is 1. The van der Waals surface area contributed by atoms with E-state index in [0.717, 1.165) is 23.1 Å². The van der Waals surface area contributed by atoms with E-state index >= 15 is 0 Å². The molecule has 3 heteroatoms. The van der Waals surface area contributed by atoms with Crippen LogP contribution in [0.15, 0.2) is 22.7 Å². The molecule has 0 amide bonds. The van der Waals surface area contributed by atoms with E-state index < -0.39 is 0 Å². The van der Waals surface area contributed by atoms with Gasteiger partial charge >= 0.3 is 0 Å². The summed E-state index contributed by atoms with van der Waals surface area (Å²) in [5, 5.41) is 0. The normalized spacial score (nSPS) is 12.2. The average Bonchev–Trinajstić information content (AvgIpc) is 2.06. The van der Waals surface area contributed by atoms with Crippen LogP contribution in [0.25, 0.3) is 0 Å². The quantitative estimate of drug-likeness (QED) is 0.810. The molecule has 0 saturated carbocycles. The van der Waals surface area contributed by atoms with E-state index in [1.807, 2.05) is 6.07 Å². The summed E-state index contributed by atoms with van der Waals surface area (Å²) in [7, 11) is 2.08. The summed E-state index contributed by atoms with van der Waals surface area (Å²) in [6.07, 6.45) is 0. The lowest BCUT2D eigenvalue weighted by atomic mass is 9.96. The standard InChI is InChI=1S/C13H19BrFN/c1-13(2,3)9-16(4)8-10-5-6-11(15)7-12(10)14/h5-7H,8-9H2,1-4H3. The second-order valence-corrected chi connectivity index (χ2v) is 6.32. The first-order valence-corrected chi connectivity index (χ1v) is 6.20. The van der Waals surface area contributed by atoms with Crippen molar-refractivity contribution in [3.05, 3.63) is 34.1 Å². The highest BCUT2D eigenvalue weighted by Gasteiger charge is 2.14. The van der Waals surface area contributed by atoms with Crippen LogP contribution in [-0.4, -0.2) is 18.5 Å². The van der Waals surface area contributed by atoms with E-state index in [-0.39, 0.29) is 11.2 Å². The fraction of sp³-hybridized carbons (Fsp3) is 0.538. The number of hydrogen-bond acceptors (Lipinski definition) is 1. The van der Waals surface area contributed by atoms with Crippen molar-refractivity contribution in [3.8, 4) is 0 Å². The van der Waals surface area contributed by atoms with Crippen LogP contribution in [0.2, 0.25) is 0 Å². The zero-order valence-corrected chi connectivity index (χ0v) is 11.9. The minimum Gasteiger partial charge on any atom is -0.302 e. The Hall–Kier alpha value is -0.410. The summed E-state index contributed by atoms with van der Waals surface area (Å²) in [6.45, 7) is 8.48. The topological polar surface area (TPSA) is 3.24 Å². The Morgan fingerprint density at radius 2 is 1.94 bits per heavy atom. The van der Waals surface area contributed by atoms with Crippen molar-refractivity contribution in [1.82, 2.24) is 4.90 Å². The molecule has 0 radical (unpaired) electrons. The molecular formula is C13H19BrFN. The second-order valence-electron chi connectivity index (χ2n) is 5.47. The van der Waals surface area contributed by atoms with Crippen molar-refractivity contribution in [2.45, 2.75) is 27.3 Å². The summed E-state index contributed by atoms with van der Waals surface area (Å²) in [5.41, 5.74) is 1.40. The Balaban J connectivity index is 2.66. The molecule has 0 spiro atoms. The smallest absolute Gasteiger partial charge is 0.124 e. The summed E-state index contributed by atoms with van der Waals surface area (Å²) in [5.74, 6) is -0.200. The molecule has 90 valence electrons. The third-order valence-corrected chi connectivity index (χ3v) is 2.94. The molecule has 0 saturated heterocycles. The van der Waals surface area contributed by atoms with Crippen LogP contribution in [0.1, 0.15) is 26.3 Å². The summed E-state index contributed by atoms with van der Waals surface area (Å²) in [4.78, 5) is 2.25. The Labute approximate surface area is 106 Å². The fourth-order valence-electron chi connectivity index (χ4n) is 1.81. The first-order chi connectivity index (χ1) is 7.28. The van der Waals surface area contributed by atoms with Crippen molar-refractivity contribution in [2.75, 3.05) is 13.6 Å². The van der Waals surface area contributed by atoms with Crippen LogP contribution in [0.4, 0.5) is 4.39 Å². The van der Waals surface area contributed by atoms with E-state index in [0.29, 0.717) is 0 Å². The largest absolute Gasteiger partial charge is 0.302 e. The molecule has 0 aliphatic heterocycles. The first-order valence-electron chi connectivity index (χ1n) is 5.40. The SMILES string of the molecule is CN(Cc1ccc(F)cc1Br)CC(C)(C)C. The number of rotatable bonds is 3. The molecular weight excluding hydrogens is 269 g/mol. The minimum absolute atomic E-state index is 0.200. The maximum Gasteiger partial charge on any atom is 0.124 e. The van der Waals surface area contributed by atoms with Gasteiger partial charge in [0, 0.05) is 17.6 Å². The number of nitrogens with zero attached hydrogens (tertiary/aromatic N) is 1. The van der Waals surface area contributed by atoms with Crippen LogP contribution >= 0.6 is 15.9 Å². The molecule has 0 aliphatic rings. The molecule has 0 N–H and O–H groups in total. The highest BCUT2D eigenvalue weighted by atomic mass is 79.9. The van der Waals surface area contributed by atoms with E-state index in [1.54, 1.807) is 0 Å². The molecule has 0 bridgehead atoms. The van der Waals surface area contributed by atoms with Gasteiger partial charge in [0.2, 0.25) is 0 Å². The van der Waals surface area contributed by atoms with Gasteiger partial charge in [-0.15, -0.1) is 0 Å². The predicted molar refractivity (Wildman–Crippen MR) is 69.9 cm³/mol. The van der Waals surface area contributed by atoms with E-state index in [9.17, 15) is 4.39 Å². The van der Waals surface area contributed by atoms with Gasteiger partial charge in [0.1, 0.15) is 5.82 Å². The molecule has 0 unspecified atom stereocenters. The third-order valence-electron chi connectivity index (χ3n) is 2.20. The van der Waals surface area contributed by atoms with Gasteiger partial charge in [0.05, 0.1) is 0 Å². The van der Waals surface area contributed by atoms with Gasteiger partial charge in [-0.25, -0.2) is 4.39 Å². The van der Waals surface area contributed by atoms with Gasteiger partial charge in [-0.2, -0.15) is 0 Å². The highest BCUT2D eigenvalue weighted by molar-refractivity contribution is 9.10. The molecule has 1 nitrogen and oxygen atoms in total. The molecule has 1 rings (SSSR count). The summed E-state index contributed by atoms with van der Waals surface area (Å²) < 4.78 is 13.8. The van der Waals surface area contributed by atoms with Crippen LogP contribution in [-0.2, 0) is 6.54 Å². The molecule has 1 aromatic rings. The van der Waals surface area contributed by atoms with Gasteiger partial charge in [-0.05, 0) is 30.2 Å². The Morgan fingerprint density at radius 3 is 2.44 bits per heavy atom. The Kier molecular flexibility index (Phi) is 4.51. The second kappa shape index (κ2) is 5.28. The maximum absolute atomic E-state index is 12.9. The van der Waals surface area contributed by atoms with Crippen LogP contribution < -0.4 is 0 Å². The predicted octanol–water partition coefficient (Wildman–Crippen LogP) is 4.07. The minimum atomic E-state index is -0.200. The lowest BCUT2D eigenvalue weighted by Crippen LogP contribution is -2.28. The molecule has 1 aromatic carbocycles. The van der Waals surface area contributed by atoms with E-state index in [2.05, 4.69) is 48.6 Å². The average molecular weight is 288 g/mol. The molecule has 0 heterocycles. The maximum atomic E-state index is 12.9. The molecule has 0 fully saturated rings. The van der Waals surface area contributed by atoms with Crippen LogP contribution in [0.3, 0.4) is 0 Å². The van der Waals surface area contributed by atoms with Gasteiger partial charge in [-0.1, -0.05) is 42.8 Å². The molecule has 0 atom stereocenters. The molecule has 0 aromatic heterocycles. The van der Waals surface area contributed by atoms with E-state index in [4.69, 9.17) is 0 Å². The summed E-state index contributed by atoms with van der Waals surface area (Å²) >= 11 is 3.39. The molecule has 0 aliphatic carbocycles. The van der Waals surface area contributed by atoms with Gasteiger partial charge in [0.25, 0.3) is 0 Å². The van der Waals surface area contributed by atoms with Gasteiger partial charge in [-0.3, -0.25) is 0 Å². The molecule has 16 heavy (non-hydrogen) atoms. The highest BCUT2D eigenvalue weighted by Crippen LogP contribution is 2.21. The van der Waals surface area contributed by atoms with Gasteiger partial charge < -0.3 is 4.90 Å². The Bertz CT molecular complexity index is 357.